The normalized spacial score (nSPS) is 19.9. The zero-order valence-corrected chi connectivity index (χ0v) is 11.4. The van der Waals surface area contributed by atoms with Crippen molar-refractivity contribution in [3.05, 3.63) is 24.3 Å². The monoisotopic (exact) mass is 320 g/mol. The van der Waals surface area contributed by atoms with Crippen molar-refractivity contribution in [1.82, 2.24) is 0 Å². The highest BCUT2D eigenvalue weighted by Crippen LogP contribution is 2.34. The maximum Gasteiger partial charge on any atom is 0.319 e. The summed E-state index contributed by atoms with van der Waals surface area (Å²) in [7, 11) is 1.45. The second-order valence-corrected chi connectivity index (χ2v) is 4.92. The number of rotatable bonds is 4. The Labute approximate surface area is 105 Å². The number of methoxy groups -OCH3 is 1. The summed E-state index contributed by atoms with van der Waals surface area (Å²) in [5, 5.41) is 0. The van der Waals surface area contributed by atoms with Crippen LogP contribution in [0.5, 0.6) is 0 Å². The van der Waals surface area contributed by atoms with Gasteiger partial charge in [0.25, 0.3) is 0 Å². The zero-order chi connectivity index (χ0) is 11.3. The molecule has 0 N–H and O–H groups in total. The van der Waals surface area contributed by atoms with E-state index in [1.54, 1.807) is 0 Å². The van der Waals surface area contributed by atoms with Crippen molar-refractivity contribution < 1.29 is 9.53 Å². The summed E-state index contributed by atoms with van der Waals surface area (Å²) in [6.45, 7) is 2.16. The molecule has 0 aromatic carbocycles. The maximum atomic E-state index is 11.8. The molecule has 1 aliphatic rings. The SMILES string of the molecule is COC(=O)C1(C[C@@H](C)CI)C=CCC=C1. The second kappa shape index (κ2) is 5.68. The molecule has 15 heavy (non-hydrogen) atoms. The number of esters is 1. The zero-order valence-electron chi connectivity index (χ0n) is 9.20. The first-order chi connectivity index (χ1) is 7.14. The summed E-state index contributed by atoms with van der Waals surface area (Å²) in [6.07, 6.45) is 9.80. The molecule has 0 saturated carbocycles. The number of carbonyl (C=O) groups is 1. The van der Waals surface area contributed by atoms with E-state index in [0.29, 0.717) is 5.92 Å². The molecule has 0 amide bonds. The van der Waals surface area contributed by atoms with Crippen molar-refractivity contribution in [2.75, 3.05) is 11.5 Å². The smallest absolute Gasteiger partial charge is 0.319 e. The van der Waals surface area contributed by atoms with Gasteiger partial charge in [-0.15, -0.1) is 0 Å². The maximum absolute atomic E-state index is 11.8. The van der Waals surface area contributed by atoms with E-state index >= 15 is 0 Å². The first kappa shape index (κ1) is 12.7. The van der Waals surface area contributed by atoms with Crippen molar-refractivity contribution in [3.63, 3.8) is 0 Å². The van der Waals surface area contributed by atoms with Crippen molar-refractivity contribution in [1.29, 1.82) is 0 Å². The van der Waals surface area contributed by atoms with Gasteiger partial charge >= 0.3 is 5.97 Å². The predicted molar refractivity (Wildman–Crippen MR) is 70.0 cm³/mol. The average Bonchev–Trinajstić information content (AvgIpc) is 2.29. The van der Waals surface area contributed by atoms with Gasteiger partial charge in [0.05, 0.1) is 7.11 Å². The molecule has 0 aliphatic heterocycles. The van der Waals surface area contributed by atoms with Crippen molar-refractivity contribution in [2.24, 2.45) is 11.3 Å². The Kier molecular flexibility index (Phi) is 4.83. The quantitative estimate of drug-likeness (QED) is 0.344. The summed E-state index contributed by atoms with van der Waals surface area (Å²) in [6, 6.07) is 0. The number of allylic oxidation sites excluding steroid dienone is 2. The van der Waals surface area contributed by atoms with E-state index in [-0.39, 0.29) is 5.97 Å². The molecule has 0 bridgehead atoms. The Hall–Kier alpha value is -0.320. The molecule has 0 saturated heterocycles. The summed E-state index contributed by atoms with van der Waals surface area (Å²) >= 11 is 2.35. The van der Waals surface area contributed by atoms with Crippen LogP contribution in [0.3, 0.4) is 0 Å². The van der Waals surface area contributed by atoms with Crippen LogP contribution in [0.1, 0.15) is 19.8 Å². The van der Waals surface area contributed by atoms with Gasteiger partial charge in [0, 0.05) is 4.43 Å². The van der Waals surface area contributed by atoms with Gasteiger partial charge in [0.15, 0.2) is 0 Å². The Morgan fingerprint density at radius 3 is 2.60 bits per heavy atom. The van der Waals surface area contributed by atoms with Crippen LogP contribution in [0, 0.1) is 11.3 Å². The van der Waals surface area contributed by atoms with Crippen LogP contribution in [-0.4, -0.2) is 17.5 Å². The molecule has 1 aliphatic carbocycles. The van der Waals surface area contributed by atoms with Crippen LogP contribution >= 0.6 is 22.6 Å². The highest BCUT2D eigenvalue weighted by molar-refractivity contribution is 14.1. The van der Waals surface area contributed by atoms with Crippen molar-refractivity contribution in [2.45, 2.75) is 19.8 Å². The third kappa shape index (κ3) is 3.06. The highest BCUT2D eigenvalue weighted by atomic mass is 127. The van der Waals surface area contributed by atoms with Crippen molar-refractivity contribution >= 4 is 28.6 Å². The van der Waals surface area contributed by atoms with Gasteiger partial charge in [0.2, 0.25) is 0 Å². The Bertz CT molecular complexity index is 269. The van der Waals surface area contributed by atoms with Crippen LogP contribution in [0.25, 0.3) is 0 Å². The minimum absolute atomic E-state index is 0.147. The fourth-order valence-corrected chi connectivity index (χ4v) is 2.18. The summed E-state index contributed by atoms with van der Waals surface area (Å²) in [4.78, 5) is 11.8. The average molecular weight is 320 g/mol. The fourth-order valence-electron chi connectivity index (χ4n) is 1.87. The number of hydrogen-bond donors (Lipinski definition) is 0. The third-order valence-electron chi connectivity index (χ3n) is 2.62. The van der Waals surface area contributed by atoms with Gasteiger partial charge in [-0.25, -0.2) is 0 Å². The Balaban J connectivity index is 2.86. The molecule has 2 nitrogen and oxygen atoms in total. The summed E-state index contributed by atoms with van der Waals surface area (Å²) in [5.41, 5.74) is -0.516. The Morgan fingerprint density at radius 1 is 1.53 bits per heavy atom. The van der Waals surface area contributed by atoms with E-state index in [4.69, 9.17) is 4.74 Å². The van der Waals surface area contributed by atoms with Gasteiger partial charge in [-0.2, -0.15) is 0 Å². The molecule has 0 aromatic heterocycles. The van der Waals surface area contributed by atoms with Crippen LogP contribution in [-0.2, 0) is 9.53 Å². The molecular weight excluding hydrogens is 303 g/mol. The van der Waals surface area contributed by atoms with Crippen LogP contribution in [0.4, 0.5) is 0 Å². The van der Waals surface area contributed by atoms with Crippen LogP contribution < -0.4 is 0 Å². The first-order valence-electron chi connectivity index (χ1n) is 5.14. The molecule has 3 heteroatoms. The van der Waals surface area contributed by atoms with Gasteiger partial charge < -0.3 is 4.74 Å². The molecule has 0 aromatic rings. The predicted octanol–water partition coefficient (Wildman–Crippen LogP) is 3.12. The number of hydrogen-bond acceptors (Lipinski definition) is 2. The van der Waals surface area contributed by atoms with E-state index in [1.165, 1.54) is 7.11 Å². The van der Waals surface area contributed by atoms with E-state index < -0.39 is 5.41 Å². The first-order valence-corrected chi connectivity index (χ1v) is 6.67. The van der Waals surface area contributed by atoms with Gasteiger partial charge in [-0.3, -0.25) is 4.79 Å². The lowest BCUT2D eigenvalue weighted by Gasteiger charge is -2.28. The molecule has 0 fully saturated rings. The summed E-state index contributed by atoms with van der Waals surface area (Å²) in [5.74, 6) is 0.364. The molecular formula is C12H17IO2. The topological polar surface area (TPSA) is 26.3 Å². The standard InChI is InChI=1S/C12H17IO2/c1-10(9-13)8-12(11(14)15-2)6-4-3-5-7-12/h4-7,10H,3,8-9H2,1-2H3/t10-/m1/s1. The molecule has 1 rings (SSSR count). The Morgan fingerprint density at radius 2 is 2.13 bits per heavy atom. The molecule has 0 spiro atoms. The molecule has 0 radical (unpaired) electrons. The van der Waals surface area contributed by atoms with Gasteiger partial charge in [-0.05, 0) is 18.8 Å². The summed E-state index contributed by atoms with van der Waals surface area (Å²) < 4.78 is 5.95. The lowest BCUT2D eigenvalue weighted by molar-refractivity contribution is -0.148. The van der Waals surface area contributed by atoms with E-state index in [1.807, 2.05) is 24.3 Å². The molecule has 1 atom stereocenters. The van der Waals surface area contributed by atoms with E-state index in [9.17, 15) is 4.79 Å². The van der Waals surface area contributed by atoms with Gasteiger partial charge in [0.1, 0.15) is 5.41 Å². The third-order valence-corrected chi connectivity index (χ3v) is 4.12. The largest absolute Gasteiger partial charge is 0.468 e. The fraction of sp³-hybridized carbons (Fsp3) is 0.583. The molecule has 0 heterocycles. The molecule has 84 valence electrons. The van der Waals surface area contributed by atoms with Crippen molar-refractivity contribution in [3.8, 4) is 0 Å². The minimum atomic E-state index is -0.516. The number of carbonyl (C=O) groups excluding carboxylic acids is 1. The van der Waals surface area contributed by atoms with Crippen LogP contribution in [0.2, 0.25) is 0 Å². The van der Waals surface area contributed by atoms with Gasteiger partial charge in [-0.1, -0.05) is 53.8 Å². The number of ether oxygens (including phenoxy) is 1. The number of halogens is 1. The lowest BCUT2D eigenvalue weighted by Crippen LogP contribution is -2.31. The highest BCUT2D eigenvalue weighted by Gasteiger charge is 2.36. The lowest BCUT2D eigenvalue weighted by atomic mass is 9.77. The van der Waals surface area contributed by atoms with E-state index in [0.717, 1.165) is 17.3 Å². The molecule has 0 unspecified atom stereocenters. The van der Waals surface area contributed by atoms with E-state index in [2.05, 4.69) is 29.5 Å². The number of alkyl halides is 1. The second-order valence-electron chi connectivity index (χ2n) is 4.04. The van der Waals surface area contributed by atoms with Crippen LogP contribution in [0.15, 0.2) is 24.3 Å². The minimum Gasteiger partial charge on any atom is -0.468 e.